The maximum absolute atomic E-state index is 6.16. The van der Waals surface area contributed by atoms with Crippen LogP contribution < -0.4 is 0 Å². The van der Waals surface area contributed by atoms with E-state index in [1.807, 2.05) is 48.5 Å². The highest BCUT2D eigenvalue weighted by molar-refractivity contribution is 6.12. The lowest BCUT2D eigenvalue weighted by molar-refractivity contribution is 0.669. The van der Waals surface area contributed by atoms with Crippen molar-refractivity contribution in [3.63, 3.8) is 0 Å². The largest absolute Gasteiger partial charge is 0.456 e. The molecule has 8 aromatic rings. The Bertz CT molecular complexity index is 2510. The van der Waals surface area contributed by atoms with Crippen LogP contribution in [0, 0.1) is 0 Å². The Morgan fingerprint density at radius 2 is 1.09 bits per heavy atom. The highest BCUT2D eigenvalue weighted by Gasteiger charge is 2.15. The standard InChI is InChI=1S/C43H29N3O/c1-3-10-28(11-4-1)29-18-20-31(21-19-29)42-44-41(30-12-5-2-6-13-30)45-43(46-42)35-25-23-32-26-34(24-22-33(32)27-35)36-15-9-17-39-40(36)37-14-7-8-16-38(37)47-39/h2-3,5-27H,1,4H2. The summed E-state index contributed by atoms with van der Waals surface area (Å²) < 4.78 is 6.16. The van der Waals surface area contributed by atoms with Crippen molar-refractivity contribution < 1.29 is 4.42 Å². The summed E-state index contributed by atoms with van der Waals surface area (Å²) in [6, 6.07) is 46.2. The molecule has 0 N–H and O–H groups in total. The van der Waals surface area contributed by atoms with Gasteiger partial charge in [-0.3, -0.25) is 0 Å². The fourth-order valence-corrected chi connectivity index (χ4v) is 6.56. The molecule has 0 unspecified atom stereocenters. The maximum Gasteiger partial charge on any atom is 0.164 e. The van der Waals surface area contributed by atoms with Crippen molar-refractivity contribution in [3.05, 3.63) is 157 Å². The number of para-hydroxylation sites is 1. The topological polar surface area (TPSA) is 51.8 Å². The highest BCUT2D eigenvalue weighted by atomic mass is 16.3. The van der Waals surface area contributed by atoms with Crippen molar-refractivity contribution in [3.8, 4) is 45.3 Å². The minimum Gasteiger partial charge on any atom is -0.456 e. The Kier molecular flexibility index (Phi) is 6.57. The minimum absolute atomic E-state index is 0.650. The van der Waals surface area contributed by atoms with Crippen LogP contribution >= 0.6 is 0 Å². The average molecular weight is 604 g/mol. The molecule has 222 valence electrons. The van der Waals surface area contributed by atoms with Gasteiger partial charge < -0.3 is 4.42 Å². The van der Waals surface area contributed by atoms with Crippen molar-refractivity contribution in [2.24, 2.45) is 0 Å². The fourth-order valence-electron chi connectivity index (χ4n) is 6.56. The number of furan rings is 1. The second-order valence-electron chi connectivity index (χ2n) is 11.9. The zero-order chi connectivity index (χ0) is 31.2. The minimum atomic E-state index is 0.650. The molecule has 2 aromatic heterocycles. The molecule has 0 spiro atoms. The van der Waals surface area contributed by atoms with E-state index in [0.29, 0.717) is 17.5 Å². The van der Waals surface area contributed by atoms with Crippen molar-refractivity contribution in [2.45, 2.75) is 12.8 Å². The molecule has 1 aliphatic carbocycles. The van der Waals surface area contributed by atoms with E-state index in [-0.39, 0.29) is 0 Å². The molecule has 0 amide bonds. The van der Waals surface area contributed by atoms with Crippen LogP contribution in [0.25, 0.3) is 83.6 Å². The van der Waals surface area contributed by atoms with Gasteiger partial charge in [-0.25, -0.2) is 15.0 Å². The van der Waals surface area contributed by atoms with Gasteiger partial charge in [0.1, 0.15) is 11.2 Å². The molecule has 4 nitrogen and oxygen atoms in total. The van der Waals surface area contributed by atoms with E-state index in [2.05, 4.69) is 103 Å². The van der Waals surface area contributed by atoms with Gasteiger partial charge in [0.2, 0.25) is 0 Å². The fraction of sp³-hybridized carbons (Fsp3) is 0.0465. The predicted molar refractivity (Wildman–Crippen MR) is 193 cm³/mol. The van der Waals surface area contributed by atoms with Crippen LogP contribution in [0.3, 0.4) is 0 Å². The summed E-state index contributed by atoms with van der Waals surface area (Å²) in [6.07, 6.45) is 8.92. The van der Waals surface area contributed by atoms with Gasteiger partial charge in [-0.2, -0.15) is 0 Å². The first-order valence-corrected chi connectivity index (χ1v) is 16.0. The Labute approximate surface area is 272 Å². The molecule has 0 saturated carbocycles. The zero-order valence-corrected chi connectivity index (χ0v) is 25.6. The highest BCUT2D eigenvalue weighted by Crippen LogP contribution is 2.38. The number of benzene rings is 6. The Hall–Kier alpha value is -6.13. The maximum atomic E-state index is 6.16. The third-order valence-electron chi connectivity index (χ3n) is 8.95. The number of aromatic nitrogens is 3. The van der Waals surface area contributed by atoms with E-state index in [4.69, 9.17) is 19.4 Å². The molecule has 0 saturated heterocycles. The van der Waals surface area contributed by atoms with Gasteiger partial charge in [-0.05, 0) is 70.1 Å². The number of allylic oxidation sites excluding steroid dienone is 4. The molecule has 0 aliphatic heterocycles. The van der Waals surface area contributed by atoms with E-state index in [1.165, 1.54) is 11.1 Å². The van der Waals surface area contributed by atoms with Crippen LogP contribution in [0.4, 0.5) is 0 Å². The van der Waals surface area contributed by atoms with Crippen LogP contribution in [0.1, 0.15) is 18.4 Å². The van der Waals surface area contributed by atoms with E-state index in [1.54, 1.807) is 0 Å². The van der Waals surface area contributed by atoms with Crippen LogP contribution in [0.15, 0.2) is 156 Å². The normalized spacial score (nSPS) is 13.0. The number of hydrogen-bond acceptors (Lipinski definition) is 4. The van der Waals surface area contributed by atoms with Crippen molar-refractivity contribution in [1.82, 2.24) is 15.0 Å². The summed E-state index contributed by atoms with van der Waals surface area (Å²) in [6.45, 7) is 0. The average Bonchev–Trinajstić information content (AvgIpc) is 3.54. The Morgan fingerprint density at radius 1 is 0.468 bits per heavy atom. The van der Waals surface area contributed by atoms with Gasteiger partial charge in [0.05, 0.1) is 0 Å². The third kappa shape index (κ3) is 5.01. The second-order valence-corrected chi connectivity index (χ2v) is 11.9. The molecule has 47 heavy (non-hydrogen) atoms. The van der Waals surface area contributed by atoms with Crippen molar-refractivity contribution in [2.75, 3.05) is 0 Å². The van der Waals surface area contributed by atoms with Gasteiger partial charge in [-0.1, -0.05) is 127 Å². The second kappa shape index (κ2) is 11.3. The first kappa shape index (κ1) is 27.2. The van der Waals surface area contributed by atoms with Gasteiger partial charge in [0.25, 0.3) is 0 Å². The lowest BCUT2D eigenvalue weighted by Gasteiger charge is -2.11. The lowest BCUT2D eigenvalue weighted by atomic mass is 9.96. The summed E-state index contributed by atoms with van der Waals surface area (Å²) in [4.78, 5) is 14.9. The molecule has 4 heteroatoms. The summed E-state index contributed by atoms with van der Waals surface area (Å²) in [5.41, 5.74) is 9.45. The first-order chi connectivity index (χ1) is 23.3. The Morgan fingerprint density at radius 3 is 1.85 bits per heavy atom. The molecule has 6 aromatic carbocycles. The van der Waals surface area contributed by atoms with Crippen LogP contribution in [0.2, 0.25) is 0 Å². The molecule has 0 bridgehead atoms. The van der Waals surface area contributed by atoms with Gasteiger partial charge in [0.15, 0.2) is 17.5 Å². The van der Waals surface area contributed by atoms with Gasteiger partial charge in [0, 0.05) is 27.5 Å². The summed E-state index contributed by atoms with van der Waals surface area (Å²) in [5.74, 6) is 1.96. The van der Waals surface area contributed by atoms with E-state index >= 15 is 0 Å². The van der Waals surface area contributed by atoms with Crippen LogP contribution in [-0.2, 0) is 0 Å². The zero-order valence-electron chi connectivity index (χ0n) is 25.6. The predicted octanol–water partition coefficient (Wildman–Crippen LogP) is 11.3. The number of nitrogens with zero attached hydrogens (tertiary/aromatic N) is 3. The summed E-state index contributed by atoms with van der Waals surface area (Å²) in [7, 11) is 0. The molecule has 1 aliphatic rings. The first-order valence-electron chi connectivity index (χ1n) is 16.0. The van der Waals surface area contributed by atoms with E-state index < -0.39 is 0 Å². The summed E-state index contributed by atoms with van der Waals surface area (Å²) >= 11 is 0. The van der Waals surface area contributed by atoms with Gasteiger partial charge >= 0.3 is 0 Å². The van der Waals surface area contributed by atoms with Gasteiger partial charge in [-0.15, -0.1) is 0 Å². The summed E-state index contributed by atoms with van der Waals surface area (Å²) in [5, 5.41) is 4.54. The smallest absolute Gasteiger partial charge is 0.164 e. The van der Waals surface area contributed by atoms with Crippen molar-refractivity contribution in [1.29, 1.82) is 0 Å². The number of hydrogen-bond donors (Lipinski definition) is 0. The SMILES string of the molecule is C1=CC(c2ccc(-c3nc(-c4ccccc4)nc(-c4ccc5cc(-c6cccc7oc8ccccc8c67)ccc5c4)n3)cc2)=CCC1. The molecule has 0 fully saturated rings. The molecule has 0 atom stereocenters. The molecule has 9 rings (SSSR count). The van der Waals surface area contributed by atoms with Crippen LogP contribution in [0.5, 0.6) is 0 Å². The van der Waals surface area contributed by atoms with E-state index in [9.17, 15) is 0 Å². The third-order valence-corrected chi connectivity index (χ3v) is 8.95. The van der Waals surface area contributed by atoms with Crippen LogP contribution in [-0.4, -0.2) is 15.0 Å². The molecular formula is C43H29N3O. The number of fused-ring (bicyclic) bond motifs is 4. The monoisotopic (exact) mass is 603 g/mol. The molecule has 2 heterocycles. The molecule has 0 radical (unpaired) electrons. The Balaban J connectivity index is 1.12. The quantitative estimate of drug-likeness (QED) is 0.196. The number of rotatable bonds is 5. The lowest BCUT2D eigenvalue weighted by Crippen LogP contribution is -2.00. The van der Waals surface area contributed by atoms with Crippen molar-refractivity contribution >= 4 is 38.3 Å². The van der Waals surface area contributed by atoms with E-state index in [0.717, 1.165) is 73.4 Å². The molecular weight excluding hydrogens is 574 g/mol.